The molecular weight excluding hydrogens is 192 g/mol. The predicted octanol–water partition coefficient (Wildman–Crippen LogP) is 5.30. The van der Waals surface area contributed by atoms with Crippen molar-refractivity contribution in [2.45, 2.75) is 40.5 Å². The summed E-state index contributed by atoms with van der Waals surface area (Å²) in [6.07, 6.45) is 0. The predicted molar refractivity (Wildman–Crippen MR) is 74.1 cm³/mol. The van der Waals surface area contributed by atoms with E-state index in [0.717, 1.165) is 0 Å². The zero-order chi connectivity index (χ0) is 12.1. The maximum atomic E-state index is 2.30. The molecule has 0 aliphatic heterocycles. The number of fused-ring (bicyclic) bond motifs is 1. The molecule has 2 rings (SSSR count). The van der Waals surface area contributed by atoms with Gasteiger partial charge in [0.15, 0.2) is 0 Å². The lowest BCUT2D eigenvalue weighted by Gasteiger charge is -2.07. The van der Waals surface area contributed by atoms with E-state index in [0.29, 0.717) is 5.92 Å². The Morgan fingerprint density at radius 1 is 0.812 bits per heavy atom. The summed E-state index contributed by atoms with van der Waals surface area (Å²) < 4.78 is 0. The molecule has 2 aromatic carbocycles. The summed E-state index contributed by atoms with van der Waals surface area (Å²) in [7, 11) is 0. The molecule has 2 aromatic rings. The molecule has 0 heteroatoms. The van der Waals surface area contributed by atoms with Gasteiger partial charge in [-0.05, 0) is 29.2 Å². The first-order valence-electron chi connectivity index (χ1n) is 6.17. The van der Waals surface area contributed by atoms with E-state index in [1.54, 1.807) is 0 Å². The van der Waals surface area contributed by atoms with Gasteiger partial charge in [-0.15, -0.1) is 0 Å². The third-order valence-corrected chi connectivity index (χ3v) is 2.69. The molecule has 0 aliphatic carbocycles. The van der Waals surface area contributed by atoms with E-state index in [9.17, 15) is 0 Å². The topological polar surface area (TPSA) is 0 Å². The molecular formula is C16H22. The largest absolute Gasteiger partial charge is 0.0683 e. The summed E-state index contributed by atoms with van der Waals surface area (Å²) in [5.41, 5.74) is 2.75. The monoisotopic (exact) mass is 214 g/mol. The number of rotatable bonds is 1. The maximum absolute atomic E-state index is 2.30. The Hall–Kier alpha value is -1.30. The molecule has 0 radical (unpaired) electrons. The van der Waals surface area contributed by atoms with Crippen LogP contribution in [0.15, 0.2) is 36.4 Å². The maximum Gasteiger partial charge on any atom is -0.0179 e. The highest BCUT2D eigenvalue weighted by atomic mass is 14.0. The minimum absolute atomic E-state index is 0.611. The van der Waals surface area contributed by atoms with Crippen molar-refractivity contribution in [1.29, 1.82) is 0 Å². The van der Waals surface area contributed by atoms with Crippen LogP contribution in [0.2, 0.25) is 0 Å². The summed E-state index contributed by atoms with van der Waals surface area (Å²) in [6, 6.07) is 13.3. The van der Waals surface area contributed by atoms with Gasteiger partial charge in [0.1, 0.15) is 0 Å². The van der Waals surface area contributed by atoms with Crippen LogP contribution in [-0.2, 0) is 0 Å². The van der Waals surface area contributed by atoms with Gasteiger partial charge in [-0.3, -0.25) is 0 Å². The molecule has 16 heavy (non-hydrogen) atoms. The highest BCUT2D eigenvalue weighted by Crippen LogP contribution is 2.22. The Labute approximate surface area is 99.3 Å². The van der Waals surface area contributed by atoms with E-state index < -0.39 is 0 Å². The third kappa shape index (κ3) is 2.85. The van der Waals surface area contributed by atoms with Crippen molar-refractivity contribution < 1.29 is 0 Å². The van der Waals surface area contributed by atoms with Gasteiger partial charge in [-0.1, -0.05) is 69.7 Å². The molecule has 0 heterocycles. The van der Waals surface area contributed by atoms with Crippen molar-refractivity contribution >= 4 is 10.8 Å². The summed E-state index contributed by atoms with van der Waals surface area (Å²) in [5, 5.41) is 2.69. The van der Waals surface area contributed by atoms with Gasteiger partial charge in [-0.2, -0.15) is 0 Å². The zero-order valence-corrected chi connectivity index (χ0v) is 11.0. The summed E-state index contributed by atoms with van der Waals surface area (Å²) in [6.45, 7) is 10.6. The molecule has 0 nitrogen and oxygen atoms in total. The highest BCUT2D eigenvalue weighted by Gasteiger charge is 2.00. The van der Waals surface area contributed by atoms with Crippen molar-refractivity contribution in [2.75, 3.05) is 0 Å². The summed E-state index contributed by atoms with van der Waals surface area (Å²) >= 11 is 0. The molecule has 0 aliphatic rings. The fraction of sp³-hybridized carbons (Fsp3) is 0.375. The van der Waals surface area contributed by atoms with Gasteiger partial charge in [-0.25, -0.2) is 0 Å². The van der Waals surface area contributed by atoms with E-state index in [1.165, 1.54) is 21.9 Å². The molecule has 0 N–H and O–H groups in total. The van der Waals surface area contributed by atoms with E-state index in [-0.39, 0.29) is 0 Å². The molecule has 0 bridgehead atoms. The molecule has 0 amide bonds. The Balaban J connectivity index is 0.000000606. The second-order valence-corrected chi connectivity index (χ2v) is 4.26. The Bertz CT molecular complexity index is 453. The van der Waals surface area contributed by atoms with Crippen molar-refractivity contribution in [2.24, 2.45) is 0 Å². The molecule has 0 saturated heterocycles. The van der Waals surface area contributed by atoms with Crippen molar-refractivity contribution in [3.05, 3.63) is 47.5 Å². The SMILES string of the molecule is CC.Cc1ccc2ccc(C(C)C)cc2c1. The van der Waals surface area contributed by atoms with Crippen LogP contribution in [0.1, 0.15) is 44.7 Å². The zero-order valence-electron chi connectivity index (χ0n) is 11.0. The number of hydrogen-bond donors (Lipinski definition) is 0. The Morgan fingerprint density at radius 3 is 2.06 bits per heavy atom. The first-order valence-corrected chi connectivity index (χ1v) is 6.17. The fourth-order valence-electron chi connectivity index (χ4n) is 1.74. The first-order chi connectivity index (χ1) is 7.66. The average molecular weight is 214 g/mol. The van der Waals surface area contributed by atoms with Crippen LogP contribution in [0.25, 0.3) is 10.8 Å². The van der Waals surface area contributed by atoms with Crippen LogP contribution in [-0.4, -0.2) is 0 Å². The summed E-state index contributed by atoms with van der Waals surface area (Å²) in [5.74, 6) is 0.611. The minimum atomic E-state index is 0.611. The number of benzene rings is 2. The van der Waals surface area contributed by atoms with Gasteiger partial charge in [0.05, 0.1) is 0 Å². The van der Waals surface area contributed by atoms with Crippen LogP contribution in [0.4, 0.5) is 0 Å². The van der Waals surface area contributed by atoms with Gasteiger partial charge in [0, 0.05) is 0 Å². The van der Waals surface area contributed by atoms with Crippen LogP contribution < -0.4 is 0 Å². The van der Waals surface area contributed by atoms with Crippen LogP contribution >= 0.6 is 0 Å². The lowest BCUT2D eigenvalue weighted by molar-refractivity contribution is 0.869. The normalized spacial score (nSPS) is 10.1. The second-order valence-electron chi connectivity index (χ2n) is 4.26. The lowest BCUT2D eigenvalue weighted by Crippen LogP contribution is -1.86. The molecule has 86 valence electrons. The van der Waals surface area contributed by atoms with E-state index in [1.807, 2.05) is 13.8 Å². The van der Waals surface area contributed by atoms with Crippen molar-refractivity contribution in [3.63, 3.8) is 0 Å². The summed E-state index contributed by atoms with van der Waals surface area (Å²) in [4.78, 5) is 0. The van der Waals surface area contributed by atoms with Crippen LogP contribution in [0.5, 0.6) is 0 Å². The first kappa shape index (κ1) is 12.8. The van der Waals surface area contributed by atoms with Crippen molar-refractivity contribution in [1.82, 2.24) is 0 Å². The Kier molecular flexibility index (Phi) is 4.54. The minimum Gasteiger partial charge on any atom is -0.0683 e. The lowest BCUT2D eigenvalue weighted by atomic mass is 9.98. The molecule has 0 unspecified atom stereocenters. The van der Waals surface area contributed by atoms with Crippen molar-refractivity contribution in [3.8, 4) is 0 Å². The van der Waals surface area contributed by atoms with Crippen LogP contribution in [0.3, 0.4) is 0 Å². The highest BCUT2D eigenvalue weighted by molar-refractivity contribution is 5.83. The van der Waals surface area contributed by atoms with Crippen LogP contribution in [0, 0.1) is 6.92 Å². The van der Waals surface area contributed by atoms with Gasteiger partial charge in [0.25, 0.3) is 0 Å². The van der Waals surface area contributed by atoms with E-state index >= 15 is 0 Å². The fourth-order valence-corrected chi connectivity index (χ4v) is 1.74. The average Bonchev–Trinajstić information content (AvgIpc) is 2.30. The van der Waals surface area contributed by atoms with Gasteiger partial charge >= 0.3 is 0 Å². The number of hydrogen-bond acceptors (Lipinski definition) is 0. The van der Waals surface area contributed by atoms with E-state index in [4.69, 9.17) is 0 Å². The molecule has 0 aromatic heterocycles. The van der Waals surface area contributed by atoms with Gasteiger partial charge < -0.3 is 0 Å². The van der Waals surface area contributed by atoms with E-state index in [2.05, 4.69) is 57.2 Å². The Morgan fingerprint density at radius 2 is 1.44 bits per heavy atom. The number of aryl methyl sites for hydroxylation is 1. The molecule has 0 spiro atoms. The quantitative estimate of drug-likeness (QED) is 0.604. The third-order valence-electron chi connectivity index (χ3n) is 2.69. The second kappa shape index (κ2) is 5.69. The van der Waals surface area contributed by atoms with Gasteiger partial charge in [0.2, 0.25) is 0 Å². The molecule has 0 fully saturated rings. The standard InChI is InChI=1S/C14H16.C2H6/c1-10(2)13-7-6-12-5-4-11(3)8-14(12)9-13;1-2/h4-10H,1-3H3;1-2H3. The molecule has 0 atom stereocenters. The smallest absolute Gasteiger partial charge is 0.0179 e. The molecule has 0 saturated carbocycles.